The average molecular weight is 657 g/mol. The van der Waals surface area contributed by atoms with Crippen molar-refractivity contribution in [3.8, 4) is 22.1 Å². The first-order valence-corrected chi connectivity index (χ1v) is 16.3. The van der Waals surface area contributed by atoms with E-state index in [0.717, 1.165) is 15.5 Å². The summed E-state index contributed by atoms with van der Waals surface area (Å²) >= 11 is 4.34. The third-order valence-electron chi connectivity index (χ3n) is 6.28. The topological polar surface area (TPSA) is 119 Å². The SMILES string of the molecule is COc1ccc(/C=C(\NC(=O)c2ccccc2)C(=O)Nc2ccc(SCC(=O)Nc3nc(-c4cccs4)cs3)cc2)c(OC)c1. The number of carbonyl (C=O) groups is 3. The molecule has 2 heterocycles. The van der Waals surface area contributed by atoms with Crippen molar-refractivity contribution < 1.29 is 23.9 Å². The molecule has 0 aliphatic rings. The van der Waals surface area contributed by atoms with E-state index in [1.807, 2.05) is 35.0 Å². The summed E-state index contributed by atoms with van der Waals surface area (Å²) in [6.07, 6.45) is 1.54. The van der Waals surface area contributed by atoms with Crippen LogP contribution in [0.2, 0.25) is 0 Å². The number of nitrogens with one attached hydrogen (secondary N) is 3. The number of hydrogen-bond acceptors (Lipinski definition) is 9. The molecule has 0 spiro atoms. The third-order valence-corrected chi connectivity index (χ3v) is 8.94. The molecule has 0 aliphatic heterocycles. The maximum atomic E-state index is 13.4. The molecule has 0 fully saturated rings. The fourth-order valence-corrected chi connectivity index (χ4v) is 6.23. The highest BCUT2D eigenvalue weighted by Gasteiger charge is 2.17. The first kappa shape index (κ1) is 31.5. The van der Waals surface area contributed by atoms with Crippen molar-refractivity contribution in [3.05, 3.63) is 113 Å². The molecule has 0 atom stereocenters. The fraction of sp³-hybridized carbons (Fsp3) is 0.0909. The molecular formula is C33H28N4O5S3. The van der Waals surface area contributed by atoms with Crippen LogP contribution in [0.4, 0.5) is 10.8 Å². The molecule has 0 radical (unpaired) electrons. The van der Waals surface area contributed by atoms with Crippen LogP contribution in [0, 0.1) is 0 Å². The van der Waals surface area contributed by atoms with E-state index in [4.69, 9.17) is 9.47 Å². The van der Waals surface area contributed by atoms with E-state index in [2.05, 4.69) is 20.9 Å². The van der Waals surface area contributed by atoms with Crippen LogP contribution in [0.25, 0.3) is 16.6 Å². The van der Waals surface area contributed by atoms with Crippen molar-refractivity contribution in [2.75, 3.05) is 30.6 Å². The molecule has 12 heteroatoms. The zero-order chi connectivity index (χ0) is 31.6. The van der Waals surface area contributed by atoms with Crippen LogP contribution in [-0.2, 0) is 9.59 Å². The highest BCUT2D eigenvalue weighted by Crippen LogP contribution is 2.29. The third kappa shape index (κ3) is 8.60. The largest absolute Gasteiger partial charge is 0.497 e. The molecular weight excluding hydrogens is 629 g/mol. The lowest BCUT2D eigenvalue weighted by Crippen LogP contribution is -2.30. The van der Waals surface area contributed by atoms with Crippen molar-refractivity contribution in [2.24, 2.45) is 0 Å². The van der Waals surface area contributed by atoms with Gasteiger partial charge in [-0.3, -0.25) is 14.4 Å². The van der Waals surface area contributed by atoms with Gasteiger partial charge in [0.15, 0.2) is 5.13 Å². The van der Waals surface area contributed by atoms with Crippen LogP contribution in [0.5, 0.6) is 11.5 Å². The van der Waals surface area contributed by atoms with Crippen LogP contribution in [0.15, 0.2) is 106 Å². The van der Waals surface area contributed by atoms with Crippen molar-refractivity contribution in [1.29, 1.82) is 0 Å². The fourth-order valence-electron chi connectivity index (χ4n) is 4.04. The summed E-state index contributed by atoms with van der Waals surface area (Å²) < 4.78 is 10.7. The molecule has 0 bridgehead atoms. The second kappa shape index (κ2) is 15.2. The number of carbonyl (C=O) groups excluding carboxylic acids is 3. The minimum absolute atomic E-state index is 0.0202. The lowest BCUT2D eigenvalue weighted by atomic mass is 10.1. The number of aromatic nitrogens is 1. The number of amides is 3. The predicted molar refractivity (Wildman–Crippen MR) is 181 cm³/mol. The first-order valence-electron chi connectivity index (χ1n) is 13.6. The zero-order valence-electron chi connectivity index (χ0n) is 24.2. The summed E-state index contributed by atoms with van der Waals surface area (Å²) in [6, 6.07) is 24.8. The number of thiophene rings is 1. The highest BCUT2D eigenvalue weighted by molar-refractivity contribution is 8.00. The van der Waals surface area contributed by atoms with Crippen LogP contribution in [-0.4, -0.2) is 42.7 Å². The summed E-state index contributed by atoms with van der Waals surface area (Å²) in [5.74, 6) is 0.128. The van der Waals surface area contributed by atoms with E-state index in [9.17, 15) is 14.4 Å². The van der Waals surface area contributed by atoms with Crippen molar-refractivity contribution in [1.82, 2.24) is 10.3 Å². The normalized spacial score (nSPS) is 11.0. The van der Waals surface area contributed by atoms with E-state index in [0.29, 0.717) is 33.4 Å². The van der Waals surface area contributed by atoms with Crippen LogP contribution >= 0.6 is 34.4 Å². The molecule has 5 rings (SSSR count). The zero-order valence-corrected chi connectivity index (χ0v) is 26.7. The minimum atomic E-state index is -0.526. The van der Waals surface area contributed by atoms with Gasteiger partial charge in [0.2, 0.25) is 5.91 Å². The molecule has 228 valence electrons. The molecule has 0 saturated carbocycles. The standard InChI is InChI=1S/C33H28N4O5S3/c1-41-24-13-10-22(28(18-24)42-2)17-26(35-31(39)21-7-4-3-5-8-21)32(40)34-23-11-14-25(15-12-23)44-20-30(38)37-33-36-27(19-45-33)29-9-6-16-43-29/h3-19H,20H2,1-2H3,(H,34,40)(H,35,39)(H,36,37,38)/b26-17-. The summed E-state index contributed by atoms with van der Waals surface area (Å²) in [6.45, 7) is 0. The van der Waals surface area contributed by atoms with E-state index >= 15 is 0 Å². The molecule has 5 aromatic rings. The molecule has 2 aromatic heterocycles. The number of thiazole rings is 1. The number of rotatable bonds is 12. The molecule has 0 unspecified atom stereocenters. The summed E-state index contributed by atoms with van der Waals surface area (Å²) in [5, 5.41) is 12.9. The second-order valence-electron chi connectivity index (χ2n) is 9.32. The second-order valence-corrected chi connectivity index (χ2v) is 12.2. The Balaban J connectivity index is 1.23. The van der Waals surface area contributed by atoms with Gasteiger partial charge < -0.3 is 25.4 Å². The van der Waals surface area contributed by atoms with Gasteiger partial charge in [0, 0.05) is 33.2 Å². The van der Waals surface area contributed by atoms with Gasteiger partial charge in [-0.1, -0.05) is 24.3 Å². The number of benzene rings is 3. The average Bonchev–Trinajstić information content (AvgIpc) is 3.77. The van der Waals surface area contributed by atoms with Gasteiger partial charge in [0.05, 0.1) is 30.5 Å². The molecule has 3 aromatic carbocycles. The maximum absolute atomic E-state index is 13.4. The Morgan fingerprint density at radius 2 is 1.69 bits per heavy atom. The number of hydrogen-bond donors (Lipinski definition) is 3. The highest BCUT2D eigenvalue weighted by atomic mass is 32.2. The number of methoxy groups -OCH3 is 2. The van der Waals surface area contributed by atoms with Gasteiger partial charge in [0.25, 0.3) is 11.8 Å². The van der Waals surface area contributed by atoms with Gasteiger partial charge in [-0.15, -0.1) is 34.4 Å². The smallest absolute Gasteiger partial charge is 0.272 e. The number of nitrogens with zero attached hydrogens (tertiary/aromatic N) is 1. The lowest BCUT2D eigenvalue weighted by Gasteiger charge is -2.13. The molecule has 9 nitrogen and oxygen atoms in total. The van der Waals surface area contributed by atoms with Crippen LogP contribution < -0.4 is 25.4 Å². The van der Waals surface area contributed by atoms with Crippen molar-refractivity contribution in [2.45, 2.75) is 4.90 Å². The van der Waals surface area contributed by atoms with Crippen LogP contribution in [0.1, 0.15) is 15.9 Å². The minimum Gasteiger partial charge on any atom is -0.497 e. The number of ether oxygens (including phenoxy) is 2. The van der Waals surface area contributed by atoms with E-state index in [-0.39, 0.29) is 17.4 Å². The lowest BCUT2D eigenvalue weighted by molar-refractivity contribution is -0.114. The molecule has 3 amide bonds. The van der Waals surface area contributed by atoms with Gasteiger partial charge in [-0.25, -0.2) is 4.98 Å². The molecule has 0 saturated heterocycles. The van der Waals surface area contributed by atoms with Gasteiger partial charge >= 0.3 is 0 Å². The van der Waals surface area contributed by atoms with E-state index < -0.39 is 11.8 Å². The summed E-state index contributed by atoms with van der Waals surface area (Å²) in [4.78, 5) is 45.3. The summed E-state index contributed by atoms with van der Waals surface area (Å²) in [7, 11) is 3.06. The quantitative estimate of drug-likeness (QED) is 0.0975. The van der Waals surface area contributed by atoms with Gasteiger partial charge in [0.1, 0.15) is 17.2 Å². The maximum Gasteiger partial charge on any atom is 0.272 e. The first-order chi connectivity index (χ1) is 21.9. The Labute approximate surface area is 272 Å². The Hall–Kier alpha value is -4.91. The Morgan fingerprint density at radius 1 is 0.889 bits per heavy atom. The van der Waals surface area contributed by atoms with Gasteiger partial charge in [-0.2, -0.15) is 0 Å². The Bertz CT molecular complexity index is 1800. The molecule has 45 heavy (non-hydrogen) atoms. The molecule has 3 N–H and O–H groups in total. The van der Waals surface area contributed by atoms with Crippen molar-refractivity contribution >= 4 is 69.1 Å². The monoisotopic (exact) mass is 656 g/mol. The predicted octanol–water partition coefficient (Wildman–Crippen LogP) is 7.03. The molecule has 0 aliphatic carbocycles. The van der Waals surface area contributed by atoms with Crippen LogP contribution in [0.3, 0.4) is 0 Å². The Morgan fingerprint density at radius 3 is 2.40 bits per heavy atom. The summed E-state index contributed by atoms with van der Waals surface area (Å²) in [5.41, 5.74) is 2.35. The Kier molecular flexibility index (Phi) is 10.6. The van der Waals surface area contributed by atoms with E-state index in [1.165, 1.54) is 30.2 Å². The van der Waals surface area contributed by atoms with Gasteiger partial charge in [-0.05, 0) is 66.1 Å². The number of anilines is 2. The van der Waals surface area contributed by atoms with Crippen molar-refractivity contribution in [3.63, 3.8) is 0 Å². The number of thioether (sulfide) groups is 1. The van der Waals surface area contributed by atoms with E-state index in [1.54, 1.807) is 85.2 Å².